The van der Waals surface area contributed by atoms with Crippen molar-refractivity contribution in [3.63, 3.8) is 0 Å². The van der Waals surface area contributed by atoms with Crippen LogP contribution in [0.5, 0.6) is 0 Å². The van der Waals surface area contributed by atoms with Crippen LogP contribution in [0.1, 0.15) is 46.5 Å². The summed E-state index contributed by atoms with van der Waals surface area (Å²) in [4.78, 5) is 14.6. The molecule has 0 aliphatic carbocycles. The highest BCUT2D eigenvalue weighted by Crippen LogP contribution is 2.25. The molecule has 4 nitrogen and oxygen atoms in total. The molecule has 2 heterocycles. The number of likely N-dealkylation sites (tertiary alicyclic amines) is 1. The Bertz CT molecular complexity index is 357. The van der Waals surface area contributed by atoms with E-state index in [0.717, 1.165) is 32.6 Å². The standard InChI is InChI=1S/C16H28N2O2/c1-12-4-5-13(2)18(12)14(3)16(19)17-9-6-15-7-10-20-11-8-15/h7,12-14H,4-6,8-11H2,1-3H3,(H,17,19)/t12-,13-,14-/m1/s1. The van der Waals surface area contributed by atoms with Crippen molar-refractivity contribution in [2.75, 3.05) is 19.8 Å². The third-order valence-corrected chi connectivity index (χ3v) is 4.65. The fourth-order valence-corrected chi connectivity index (χ4v) is 3.40. The Balaban J connectivity index is 1.75. The molecule has 0 bridgehead atoms. The molecule has 0 spiro atoms. The maximum Gasteiger partial charge on any atom is 0.237 e. The van der Waals surface area contributed by atoms with E-state index in [1.54, 1.807) is 0 Å². The molecule has 0 aromatic carbocycles. The maximum atomic E-state index is 12.3. The number of carbonyl (C=O) groups is 1. The average Bonchev–Trinajstić information content (AvgIpc) is 2.78. The number of carbonyl (C=O) groups excluding carboxylic acids is 1. The van der Waals surface area contributed by atoms with E-state index in [4.69, 9.17) is 4.74 Å². The van der Waals surface area contributed by atoms with Crippen LogP contribution in [-0.2, 0) is 9.53 Å². The van der Waals surface area contributed by atoms with Crippen molar-refractivity contribution in [2.45, 2.75) is 64.6 Å². The molecule has 0 saturated carbocycles. The number of ether oxygens (including phenoxy) is 1. The lowest BCUT2D eigenvalue weighted by atomic mass is 10.1. The molecule has 2 rings (SSSR count). The summed E-state index contributed by atoms with van der Waals surface area (Å²) in [5.74, 6) is 0.165. The highest BCUT2D eigenvalue weighted by Gasteiger charge is 2.34. The fraction of sp³-hybridized carbons (Fsp3) is 0.812. The van der Waals surface area contributed by atoms with Crippen LogP contribution in [0.2, 0.25) is 0 Å². The first-order valence-corrected chi connectivity index (χ1v) is 7.90. The molecule has 1 N–H and O–H groups in total. The lowest BCUT2D eigenvalue weighted by Gasteiger charge is -2.31. The van der Waals surface area contributed by atoms with Gasteiger partial charge < -0.3 is 10.1 Å². The predicted molar refractivity (Wildman–Crippen MR) is 80.6 cm³/mol. The third-order valence-electron chi connectivity index (χ3n) is 4.65. The van der Waals surface area contributed by atoms with E-state index in [1.807, 2.05) is 6.92 Å². The Morgan fingerprint density at radius 3 is 2.75 bits per heavy atom. The third kappa shape index (κ3) is 3.83. The van der Waals surface area contributed by atoms with Crippen LogP contribution in [0.15, 0.2) is 11.6 Å². The van der Waals surface area contributed by atoms with Crippen molar-refractivity contribution in [2.24, 2.45) is 0 Å². The molecule has 0 radical (unpaired) electrons. The van der Waals surface area contributed by atoms with E-state index < -0.39 is 0 Å². The Morgan fingerprint density at radius 1 is 1.45 bits per heavy atom. The topological polar surface area (TPSA) is 41.6 Å². The molecule has 2 aliphatic heterocycles. The maximum absolute atomic E-state index is 12.3. The largest absolute Gasteiger partial charge is 0.377 e. The molecule has 0 unspecified atom stereocenters. The number of amides is 1. The number of rotatable bonds is 5. The summed E-state index contributed by atoms with van der Waals surface area (Å²) >= 11 is 0. The Morgan fingerprint density at radius 2 is 2.15 bits per heavy atom. The van der Waals surface area contributed by atoms with E-state index in [-0.39, 0.29) is 11.9 Å². The van der Waals surface area contributed by atoms with Gasteiger partial charge in [-0.3, -0.25) is 9.69 Å². The molecule has 114 valence electrons. The minimum absolute atomic E-state index is 0.0221. The first-order chi connectivity index (χ1) is 9.59. The summed E-state index contributed by atoms with van der Waals surface area (Å²) < 4.78 is 5.29. The summed E-state index contributed by atoms with van der Waals surface area (Å²) in [7, 11) is 0. The van der Waals surface area contributed by atoms with E-state index in [1.165, 1.54) is 18.4 Å². The molecule has 0 aromatic heterocycles. The van der Waals surface area contributed by atoms with Crippen LogP contribution in [-0.4, -0.2) is 48.7 Å². The van der Waals surface area contributed by atoms with E-state index >= 15 is 0 Å². The molecule has 4 heteroatoms. The van der Waals surface area contributed by atoms with Gasteiger partial charge in [-0.15, -0.1) is 0 Å². The van der Waals surface area contributed by atoms with Gasteiger partial charge in [0.1, 0.15) is 0 Å². The summed E-state index contributed by atoms with van der Waals surface area (Å²) in [5, 5.41) is 3.09. The fourth-order valence-electron chi connectivity index (χ4n) is 3.40. The summed E-state index contributed by atoms with van der Waals surface area (Å²) in [6.07, 6.45) is 6.50. The summed E-state index contributed by atoms with van der Waals surface area (Å²) in [5.41, 5.74) is 1.41. The molecule has 1 saturated heterocycles. The SMILES string of the molecule is C[C@@H]1CC[C@@H](C)N1[C@H](C)C(=O)NCCC1=CCOCC1. The number of nitrogens with one attached hydrogen (secondary N) is 1. The van der Waals surface area contributed by atoms with Crippen LogP contribution in [0, 0.1) is 0 Å². The molecule has 20 heavy (non-hydrogen) atoms. The summed E-state index contributed by atoms with van der Waals surface area (Å²) in [6, 6.07) is 1.01. The summed E-state index contributed by atoms with van der Waals surface area (Å²) in [6.45, 7) is 8.76. The van der Waals surface area contributed by atoms with Crippen molar-refractivity contribution in [1.82, 2.24) is 10.2 Å². The van der Waals surface area contributed by atoms with Gasteiger partial charge >= 0.3 is 0 Å². The van der Waals surface area contributed by atoms with Crippen molar-refractivity contribution in [3.05, 3.63) is 11.6 Å². The van der Waals surface area contributed by atoms with Gasteiger partial charge in [0.15, 0.2) is 0 Å². The molecule has 2 aliphatic rings. The monoisotopic (exact) mass is 280 g/mol. The Kier molecular flexibility index (Phi) is 5.61. The quantitative estimate of drug-likeness (QED) is 0.784. The van der Waals surface area contributed by atoms with E-state index in [0.29, 0.717) is 12.1 Å². The molecule has 1 fully saturated rings. The first-order valence-electron chi connectivity index (χ1n) is 7.90. The van der Waals surface area contributed by atoms with Crippen LogP contribution in [0.3, 0.4) is 0 Å². The van der Waals surface area contributed by atoms with Gasteiger partial charge in [-0.1, -0.05) is 11.6 Å². The zero-order valence-corrected chi connectivity index (χ0v) is 13.0. The van der Waals surface area contributed by atoms with Gasteiger partial charge in [-0.05, 0) is 46.5 Å². The highest BCUT2D eigenvalue weighted by molar-refractivity contribution is 5.81. The highest BCUT2D eigenvalue weighted by atomic mass is 16.5. The lowest BCUT2D eigenvalue weighted by molar-refractivity contribution is -0.126. The van der Waals surface area contributed by atoms with Crippen LogP contribution in [0.4, 0.5) is 0 Å². The second-order valence-corrected chi connectivity index (χ2v) is 6.13. The number of nitrogens with zero attached hydrogens (tertiary/aromatic N) is 1. The van der Waals surface area contributed by atoms with Gasteiger partial charge in [-0.2, -0.15) is 0 Å². The smallest absolute Gasteiger partial charge is 0.237 e. The van der Waals surface area contributed by atoms with Gasteiger partial charge in [0.2, 0.25) is 5.91 Å². The second-order valence-electron chi connectivity index (χ2n) is 6.13. The van der Waals surface area contributed by atoms with Gasteiger partial charge in [0.05, 0.1) is 19.3 Å². The zero-order chi connectivity index (χ0) is 14.5. The van der Waals surface area contributed by atoms with Gasteiger partial charge in [0.25, 0.3) is 0 Å². The van der Waals surface area contributed by atoms with Crippen LogP contribution in [0.25, 0.3) is 0 Å². The minimum atomic E-state index is -0.0221. The first kappa shape index (κ1) is 15.5. The average molecular weight is 280 g/mol. The second kappa shape index (κ2) is 7.23. The molecular weight excluding hydrogens is 252 g/mol. The van der Waals surface area contributed by atoms with E-state index in [9.17, 15) is 4.79 Å². The zero-order valence-electron chi connectivity index (χ0n) is 13.0. The molecule has 1 amide bonds. The molecular formula is C16H28N2O2. The van der Waals surface area contributed by atoms with Crippen molar-refractivity contribution < 1.29 is 9.53 Å². The van der Waals surface area contributed by atoms with Gasteiger partial charge in [0, 0.05) is 18.6 Å². The van der Waals surface area contributed by atoms with Gasteiger partial charge in [-0.25, -0.2) is 0 Å². The van der Waals surface area contributed by atoms with Crippen LogP contribution < -0.4 is 5.32 Å². The predicted octanol–water partition coefficient (Wildman–Crippen LogP) is 2.10. The van der Waals surface area contributed by atoms with Crippen molar-refractivity contribution >= 4 is 5.91 Å². The number of hydrogen-bond acceptors (Lipinski definition) is 3. The Labute approximate surface area is 122 Å². The molecule has 3 atom stereocenters. The Hall–Kier alpha value is -0.870. The minimum Gasteiger partial charge on any atom is -0.377 e. The molecule has 0 aromatic rings. The van der Waals surface area contributed by atoms with Crippen molar-refractivity contribution in [1.29, 1.82) is 0 Å². The van der Waals surface area contributed by atoms with Crippen LogP contribution >= 0.6 is 0 Å². The van der Waals surface area contributed by atoms with Crippen molar-refractivity contribution in [3.8, 4) is 0 Å². The van der Waals surface area contributed by atoms with E-state index in [2.05, 4.69) is 30.1 Å². The number of hydrogen-bond donors (Lipinski definition) is 1. The normalized spacial score (nSPS) is 29.1. The lowest BCUT2D eigenvalue weighted by Crippen LogP contribution is -2.49.